The van der Waals surface area contributed by atoms with E-state index in [1.54, 1.807) is 0 Å². The quantitative estimate of drug-likeness (QED) is 0.524. The SMILES string of the molecule is CCC(C(=O)c1cccc(OCc2ccccc2)c1)c1ccccc1. The highest BCUT2D eigenvalue weighted by Gasteiger charge is 2.20. The summed E-state index contributed by atoms with van der Waals surface area (Å²) in [4.78, 5) is 12.9. The number of carbonyl (C=O) groups excluding carboxylic acids is 1. The van der Waals surface area contributed by atoms with Gasteiger partial charge < -0.3 is 4.74 Å². The third kappa shape index (κ3) is 4.36. The summed E-state index contributed by atoms with van der Waals surface area (Å²) in [5, 5.41) is 0. The highest BCUT2D eigenvalue weighted by atomic mass is 16.5. The summed E-state index contributed by atoms with van der Waals surface area (Å²) in [5.41, 5.74) is 2.86. The van der Waals surface area contributed by atoms with Crippen LogP contribution < -0.4 is 4.74 Å². The smallest absolute Gasteiger partial charge is 0.170 e. The number of carbonyl (C=O) groups is 1. The van der Waals surface area contributed by atoms with Crippen LogP contribution in [0.2, 0.25) is 0 Å². The lowest BCUT2D eigenvalue weighted by Crippen LogP contribution is -2.12. The second kappa shape index (κ2) is 8.29. The third-order valence-electron chi connectivity index (χ3n) is 4.29. The lowest BCUT2D eigenvalue weighted by molar-refractivity contribution is 0.0957. The molecule has 2 heteroatoms. The molecule has 0 bridgehead atoms. The minimum atomic E-state index is -0.120. The Labute approximate surface area is 149 Å². The first-order valence-corrected chi connectivity index (χ1v) is 8.64. The van der Waals surface area contributed by atoms with Crippen molar-refractivity contribution < 1.29 is 9.53 Å². The normalized spacial score (nSPS) is 11.7. The van der Waals surface area contributed by atoms with Crippen molar-refractivity contribution in [1.29, 1.82) is 0 Å². The van der Waals surface area contributed by atoms with Crippen LogP contribution >= 0.6 is 0 Å². The molecular formula is C23H22O2. The summed E-state index contributed by atoms with van der Waals surface area (Å²) in [6.07, 6.45) is 0.776. The summed E-state index contributed by atoms with van der Waals surface area (Å²) in [6.45, 7) is 2.54. The molecule has 0 aliphatic rings. The van der Waals surface area contributed by atoms with Gasteiger partial charge in [-0.15, -0.1) is 0 Å². The van der Waals surface area contributed by atoms with E-state index in [0.29, 0.717) is 12.2 Å². The fourth-order valence-corrected chi connectivity index (χ4v) is 2.94. The average molecular weight is 330 g/mol. The molecule has 0 radical (unpaired) electrons. The predicted molar refractivity (Wildman–Crippen MR) is 101 cm³/mol. The maximum atomic E-state index is 12.9. The van der Waals surface area contributed by atoms with Crippen molar-refractivity contribution in [2.24, 2.45) is 0 Å². The maximum Gasteiger partial charge on any atom is 0.170 e. The second-order valence-electron chi connectivity index (χ2n) is 6.04. The van der Waals surface area contributed by atoms with Crippen LogP contribution in [0, 0.1) is 0 Å². The second-order valence-corrected chi connectivity index (χ2v) is 6.04. The summed E-state index contributed by atoms with van der Waals surface area (Å²) in [6, 6.07) is 27.5. The van der Waals surface area contributed by atoms with E-state index in [4.69, 9.17) is 4.74 Å². The lowest BCUT2D eigenvalue weighted by atomic mass is 9.88. The topological polar surface area (TPSA) is 26.3 Å². The van der Waals surface area contributed by atoms with E-state index in [2.05, 4.69) is 0 Å². The van der Waals surface area contributed by atoms with Gasteiger partial charge in [0, 0.05) is 11.5 Å². The molecule has 1 atom stereocenters. The van der Waals surface area contributed by atoms with Gasteiger partial charge in [-0.05, 0) is 29.7 Å². The zero-order valence-corrected chi connectivity index (χ0v) is 14.4. The zero-order chi connectivity index (χ0) is 17.5. The van der Waals surface area contributed by atoms with Crippen LogP contribution in [0.1, 0.15) is 40.7 Å². The number of ether oxygens (including phenoxy) is 1. The molecule has 3 aromatic rings. The van der Waals surface area contributed by atoms with Crippen LogP contribution in [0.25, 0.3) is 0 Å². The number of Topliss-reactive ketones (excluding diaryl/α,β-unsaturated/α-hetero) is 1. The van der Waals surface area contributed by atoms with Gasteiger partial charge in [0.25, 0.3) is 0 Å². The fraction of sp³-hybridized carbons (Fsp3) is 0.174. The highest BCUT2D eigenvalue weighted by molar-refractivity contribution is 6.01. The average Bonchev–Trinajstić information content (AvgIpc) is 2.69. The summed E-state index contributed by atoms with van der Waals surface area (Å²) in [5.74, 6) is 0.738. The van der Waals surface area contributed by atoms with E-state index in [-0.39, 0.29) is 11.7 Å². The molecule has 0 amide bonds. The molecule has 126 valence electrons. The van der Waals surface area contributed by atoms with Crippen molar-refractivity contribution in [3.8, 4) is 5.75 Å². The number of benzene rings is 3. The first-order valence-electron chi connectivity index (χ1n) is 8.64. The largest absolute Gasteiger partial charge is 0.489 e. The van der Waals surface area contributed by atoms with Gasteiger partial charge in [-0.2, -0.15) is 0 Å². The Bertz CT molecular complexity index is 810. The monoisotopic (exact) mass is 330 g/mol. The van der Waals surface area contributed by atoms with Crippen molar-refractivity contribution in [3.05, 3.63) is 102 Å². The molecule has 0 aliphatic carbocycles. The van der Waals surface area contributed by atoms with E-state index >= 15 is 0 Å². The standard InChI is InChI=1S/C23H22O2/c1-2-22(19-12-7-4-8-13-19)23(24)20-14-9-15-21(16-20)25-17-18-10-5-3-6-11-18/h3-16,22H,2,17H2,1H3. The molecule has 3 rings (SSSR count). The number of hydrogen-bond acceptors (Lipinski definition) is 2. The van der Waals surface area contributed by atoms with Crippen molar-refractivity contribution in [3.63, 3.8) is 0 Å². The fourth-order valence-electron chi connectivity index (χ4n) is 2.94. The number of ketones is 1. The zero-order valence-electron chi connectivity index (χ0n) is 14.4. The third-order valence-corrected chi connectivity index (χ3v) is 4.29. The molecule has 0 heterocycles. The van der Waals surface area contributed by atoms with Gasteiger partial charge in [-0.25, -0.2) is 0 Å². The minimum absolute atomic E-state index is 0.120. The van der Waals surface area contributed by atoms with Gasteiger partial charge in [-0.3, -0.25) is 4.79 Å². The Hall–Kier alpha value is -2.87. The van der Waals surface area contributed by atoms with Crippen LogP contribution in [0.15, 0.2) is 84.9 Å². The summed E-state index contributed by atoms with van der Waals surface area (Å²) < 4.78 is 5.85. The van der Waals surface area contributed by atoms with Gasteiger partial charge >= 0.3 is 0 Å². The molecule has 0 saturated heterocycles. The van der Waals surface area contributed by atoms with E-state index in [1.807, 2.05) is 91.9 Å². The van der Waals surface area contributed by atoms with Gasteiger partial charge in [0.15, 0.2) is 5.78 Å². The Balaban J connectivity index is 1.75. The predicted octanol–water partition coefficient (Wildman–Crippen LogP) is 5.64. The number of hydrogen-bond donors (Lipinski definition) is 0. The molecule has 0 aromatic heterocycles. The van der Waals surface area contributed by atoms with E-state index in [0.717, 1.165) is 23.3 Å². The minimum Gasteiger partial charge on any atom is -0.489 e. The van der Waals surface area contributed by atoms with Crippen LogP contribution in [-0.2, 0) is 6.61 Å². The van der Waals surface area contributed by atoms with Crippen molar-refractivity contribution in [2.45, 2.75) is 25.9 Å². The molecule has 0 N–H and O–H groups in total. The highest BCUT2D eigenvalue weighted by Crippen LogP contribution is 2.26. The van der Waals surface area contributed by atoms with E-state index < -0.39 is 0 Å². The molecule has 3 aromatic carbocycles. The molecular weight excluding hydrogens is 308 g/mol. The van der Waals surface area contributed by atoms with Crippen LogP contribution in [0.3, 0.4) is 0 Å². The van der Waals surface area contributed by atoms with E-state index in [9.17, 15) is 4.79 Å². The molecule has 0 fully saturated rings. The van der Waals surface area contributed by atoms with Gasteiger partial charge in [-0.1, -0.05) is 79.7 Å². The maximum absolute atomic E-state index is 12.9. The Morgan fingerprint density at radius 1 is 0.880 bits per heavy atom. The Kier molecular flexibility index (Phi) is 5.63. The van der Waals surface area contributed by atoms with Crippen molar-refractivity contribution in [2.75, 3.05) is 0 Å². The van der Waals surface area contributed by atoms with E-state index in [1.165, 1.54) is 0 Å². The lowest BCUT2D eigenvalue weighted by Gasteiger charge is -2.15. The molecule has 1 unspecified atom stereocenters. The molecule has 2 nitrogen and oxygen atoms in total. The summed E-state index contributed by atoms with van der Waals surface area (Å²) >= 11 is 0. The van der Waals surface area contributed by atoms with Crippen LogP contribution in [0.5, 0.6) is 5.75 Å². The molecule has 25 heavy (non-hydrogen) atoms. The first-order chi connectivity index (χ1) is 12.3. The number of rotatable bonds is 7. The van der Waals surface area contributed by atoms with Crippen LogP contribution in [-0.4, -0.2) is 5.78 Å². The molecule has 0 spiro atoms. The van der Waals surface area contributed by atoms with Gasteiger partial charge in [0.1, 0.15) is 12.4 Å². The van der Waals surface area contributed by atoms with Crippen molar-refractivity contribution >= 4 is 5.78 Å². The van der Waals surface area contributed by atoms with Crippen molar-refractivity contribution in [1.82, 2.24) is 0 Å². The molecule has 0 aliphatic heterocycles. The van der Waals surface area contributed by atoms with Crippen LogP contribution in [0.4, 0.5) is 0 Å². The Morgan fingerprint density at radius 2 is 1.56 bits per heavy atom. The van der Waals surface area contributed by atoms with Gasteiger partial charge in [0.05, 0.1) is 0 Å². The Morgan fingerprint density at radius 3 is 2.24 bits per heavy atom. The first kappa shape index (κ1) is 17.0. The van der Waals surface area contributed by atoms with Gasteiger partial charge in [0.2, 0.25) is 0 Å². The summed E-state index contributed by atoms with van der Waals surface area (Å²) in [7, 11) is 0. The molecule has 0 saturated carbocycles.